The third-order valence-electron chi connectivity index (χ3n) is 3.52. The zero-order chi connectivity index (χ0) is 14.4. The Morgan fingerprint density at radius 3 is 2.11 bits per heavy atom. The van der Waals surface area contributed by atoms with E-state index in [1.54, 1.807) is 0 Å². The average molecular weight is 263 g/mol. The van der Waals surface area contributed by atoms with Crippen molar-refractivity contribution in [3.05, 3.63) is 34.9 Å². The highest BCUT2D eigenvalue weighted by molar-refractivity contribution is 5.29. The summed E-state index contributed by atoms with van der Waals surface area (Å²) in [6.07, 6.45) is 1.28. The predicted molar refractivity (Wildman–Crippen MR) is 82.7 cm³/mol. The van der Waals surface area contributed by atoms with Gasteiger partial charge in [0, 0.05) is 12.6 Å². The number of rotatable bonds is 7. The maximum atomic E-state index is 5.93. The summed E-state index contributed by atoms with van der Waals surface area (Å²) in [6.45, 7) is 11.6. The van der Waals surface area contributed by atoms with Crippen molar-refractivity contribution in [3.8, 4) is 0 Å². The fraction of sp³-hybridized carbons (Fsp3) is 0.647. The molecular formula is C17H29NO. The minimum Gasteiger partial charge on any atom is -0.377 e. The van der Waals surface area contributed by atoms with E-state index in [0.717, 1.165) is 13.0 Å². The lowest BCUT2D eigenvalue weighted by Gasteiger charge is -2.30. The molecule has 1 aromatic rings. The Hall–Kier alpha value is -0.860. The maximum Gasteiger partial charge on any atom is 0.0753 e. The van der Waals surface area contributed by atoms with Crippen LogP contribution in [0, 0.1) is 19.8 Å². The molecule has 0 aliphatic heterocycles. The third kappa shape index (κ3) is 4.96. The molecule has 0 spiro atoms. The van der Waals surface area contributed by atoms with Gasteiger partial charge in [0.15, 0.2) is 0 Å². The second kappa shape index (κ2) is 7.66. The summed E-state index contributed by atoms with van der Waals surface area (Å²) in [5.41, 5.74) is 4.06. The molecule has 0 saturated heterocycles. The Morgan fingerprint density at radius 1 is 1.11 bits per heavy atom. The molecule has 0 aromatic heterocycles. The summed E-state index contributed by atoms with van der Waals surface area (Å²) in [4.78, 5) is 0. The van der Waals surface area contributed by atoms with Gasteiger partial charge in [-0.2, -0.15) is 0 Å². The average Bonchev–Trinajstić information content (AvgIpc) is 2.32. The SMILES string of the molecule is CCOC(C(C)C)C(Cc1cc(C)cc(C)c1)NC. The normalized spacial score (nSPS) is 14.7. The number of nitrogens with one attached hydrogen (secondary N) is 1. The van der Waals surface area contributed by atoms with Gasteiger partial charge in [-0.05, 0) is 45.7 Å². The summed E-state index contributed by atoms with van der Waals surface area (Å²) in [7, 11) is 2.03. The minimum absolute atomic E-state index is 0.260. The smallest absolute Gasteiger partial charge is 0.0753 e. The molecule has 0 heterocycles. The highest BCUT2D eigenvalue weighted by Crippen LogP contribution is 2.17. The lowest BCUT2D eigenvalue weighted by atomic mass is 9.92. The van der Waals surface area contributed by atoms with Crippen molar-refractivity contribution in [1.29, 1.82) is 0 Å². The predicted octanol–water partition coefficient (Wildman–Crippen LogP) is 3.50. The summed E-state index contributed by atoms with van der Waals surface area (Å²) < 4.78 is 5.93. The van der Waals surface area contributed by atoms with Crippen molar-refractivity contribution in [2.75, 3.05) is 13.7 Å². The highest BCUT2D eigenvalue weighted by atomic mass is 16.5. The molecule has 108 valence electrons. The molecule has 1 N–H and O–H groups in total. The molecule has 19 heavy (non-hydrogen) atoms. The molecule has 0 amide bonds. The first-order chi connectivity index (χ1) is 8.97. The van der Waals surface area contributed by atoms with Crippen LogP contribution in [0.5, 0.6) is 0 Å². The van der Waals surface area contributed by atoms with Crippen LogP contribution in [0.4, 0.5) is 0 Å². The van der Waals surface area contributed by atoms with Crippen LogP contribution in [0.3, 0.4) is 0 Å². The van der Waals surface area contributed by atoms with E-state index in [1.807, 2.05) is 7.05 Å². The van der Waals surface area contributed by atoms with Gasteiger partial charge in [-0.15, -0.1) is 0 Å². The van der Waals surface area contributed by atoms with E-state index in [1.165, 1.54) is 16.7 Å². The maximum absolute atomic E-state index is 5.93. The Morgan fingerprint density at radius 2 is 1.68 bits per heavy atom. The molecule has 0 saturated carbocycles. The molecule has 0 bridgehead atoms. The number of hydrogen-bond acceptors (Lipinski definition) is 2. The number of ether oxygens (including phenoxy) is 1. The van der Waals surface area contributed by atoms with Crippen LogP contribution in [0.15, 0.2) is 18.2 Å². The molecule has 0 aliphatic rings. The van der Waals surface area contributed by atoms with Gasteiger partial charge in [-0.1, -0.05) is 43.2 Å². The Balaban J connectivity index is 2.84. The van der Waals surface area contributed by atoms with Gasteiger partial charge in [0.2, 0.25) is 0 Å². The standard InChI is InChI=1S/C17H29NO/c1-7-19-17(12(2)3)16(18-6)11-15-9-13(4)8-14(5)10-15/h8-10,12,16-18H,7,11H2,1-6H3. The van der Waals surface area contributed by atoms with Gasteiger partial charge in [0.1, 0.15) is 0 Å². The number of likely N-dealkylation sites (N-methyl/N-ethyl adjacent to an activating group) is 1. The molecule has 2 unspecified atom stereocenters. The van der Waals surface area contributed by atoms with Crippen LogP contribution in [-0.4, -0.2) is 25.8 Å². The van der Waals surface area contributed by atoms with E-state index in [4.69, 9.17) is 4.74 Å². The van der Waals surface area contributed by atoms with E-state index >= 15 is 0 Å². The van der Waals surface area contributed by atoms with Crippen LogP contribution in [0.2, 0.25) is 0 Å². The van der Waals surface area contributed by atoms with E-state index in [0.29, 0.717) is 12.0 Å². The summed E-state index contributed by atoms with van der Waals surface area (Å²) in [5, 5.41) is 3.43. The van der Waals surface area contributed by atoms with Crippen molar-refractivity contribution in [2.24, 2.45) is 5.92 Å². The Bertz CT molecular complexity index is 367. The van der Waals surface area contributed by atoms with Crippen molar-refractivity contribution in [1.82, 2.24) is 5.32 Å². The number of benzene rings is 1. The molecule has 2 heteroatoms. The van der Waals surface area contributed by atoms with Gasteiger partial charge in [-0.25, -0.2) is 0 Å². The monoisotopic (exact) mass is 263 g/mol. The van der Waals surface area contributed by atoms with Gasteiger partial charge >= 0.3 is 0 Å². The van der Waals surface area contributed by atoms with Crippen LogP contribution < -0.4 is 5.32 Å². The van der Waals surface area contributed by atoms with Crippen molar-refractivity contribution in [3.63, 3.8) is 0 Å². The zero-order valence-corrected chi connectivity index (χ0v) is 13.3. The molecular weight excluding hydrogens is 234 g/mol. The first kappa shape index (κ1) is 16.2. The Labute approximate surface area is 118 Å². The second-order valence-electron chi connectivity index (χ2n) is 5.76. The lowest BCUT2D eigenvalue weighted by Crippen LogP contribution is -2.44. The van der Waals surface area contributed by atoms with Crippen LogP contribution in [0.25, 0.3) is 0 Å². The first-order valence-electron chi connectivity index (χ1n) is 7.34. The molecule has 2 nitrogen and oxygen atoms in total. The molecule has 2 atom stereocenters. The molecule has 0 aliphatic carbocycles. The third-order valence-corrected chi connectivity index (χ3v) is 3.52. The van der Waals surface area contributed by atoms with Crippen LogP contribution >= 0.6 is 0 Å². The fourth-order valence-electron chi connectivity index (χ4n) is 2.79. The van der Waals surface area contributed by atoms with Crippen molar-refractivity contribution >= 4 is 0 Å². The van der Waals surface area contributed by atoms with Crippen molar-refractivity contribution < 1.29 is 4.74 Å². The number of aryl methyl sites for hydroxylation is 2. The van der Waals surface area contributed by atoms with E-state index in [-0.39, 0.29) is 6.10 Å². The summed E-state index contributed by atoms with van der Waals surface area (Å²) in [6, 6.07) is 7.14. The molecule has 1 rings (SSSR count). The summed E-state index contributed by atoms with van der Waals surface area (Å²) >= 11 is 0. The van der Waals surface area contributed by atoms with E-state index in [2.05, 4.69) is 58.1 Å². The Kier molecular flexibility index (Phi) is 6.53. The highest BCUT2D eigenvalue weighted by Gasteiger charge is 2.23. The fourth-order valence-corrected chi connectivity index (χ4v) is 2.79. The number of hydrogen-bond donors (Lipinski definition) is 1. The van der Waals surface area contributed by atoms with Crippen LogP contribution in [-0.2, 0) is 11.2 Å². The van der Waals surface area contributed by atoms with Crippen LogP contribution in [0.1, 0.15) is 37.5 Å². The summed E-state index contributed by atoms with van der Waals surface area (Å²) in [5.74, 6) is 0.517. The van der Waals surface area contributed by atoms with E-state index in [9.17, 15) is 0 Å². The topological polar surface area (TPSA) is 21.3 Å². The molecule has 1 aromatic carbocycles. The van der Waals surface area contributed by atoms with Gasteiger partial charge < -0.3 is 10.1 Å². The lowest BCUT2D eigenvalue weighted by molar-refractivity contribution is 0.00535. The first-order valence-corrected chi connectivity index (χ1v) is 7.34. The van der Waals surface area contributed by atoms with Crippen molar-refractivity contribution in [2.45, 2.75) is 53.2 Å². The molecule has 0 radical (unpaired) electrons. The van der Waals surface area contributed by atoms with E-state index < -0.39 is 0 Å². The van der Waals surface area contributed by atoms with Gasteiger partial charge in [0.05, 0.1) is 6.10 Å². The second-order valence-corrected chi connectivity index (χ2v) is 5.76. The zero-order valence-electron chi connectivity index (χ0n) is 13.3. The minimum atomic E-state index is 0.260. The van der Waals surface area contributed by atoms with Gasteiger partial charge in [-0.3, -0.25) is 0 Å². The largest absolute Gasteiger partial charge is 0.377 e. The molecule has 0 fully saturated rings. The van der Waals surface area contributed by atoms with Gasteiger partial charge in [0.25, 0.3) is 0 Å². The quantitative estimate of drug-likeness (QED) is 0.813.